The van der Waals surface area contributed by atoms with Gasteiger partial charge in [0.05, 0.1) is 16.6 Å². The molecule has 0 aromatic heterocycles. The molecule has 0 aliphatic carbocycles. The first kappa shape index (κ1) is 23.0. The highest BCUT2D eigenvalue weighted by Gasteiger charge is 2.20. The van der Waals surface area contributed by atoms with Gasteiger partial charge in [-0.15, -0.1) is 12.4 Å². The number of amides is 1. The van der Waals surface area contributed by atoms with E-state index in [-0.39, 0.29) is 29.1 Å². The first-order chi connectivity index (χ1) is 12.2. The van der Waals surface area contributed by atoms with Crippen molar-refractivity contribution < 1.29 is 13.2 Å². The number of rotatable bonds is 7. The van der Waals surface area contributed by atoms with Crippen LogP contribution in [0.2, 0.25) is 0 Å². The number of nitrogens with one attached hydrogen (secondary N) is 2. The zero-order chi connectivity index (χ0) is 19.3. The van der Waals surface area contributed by atoms with E-state index in [0.717, 1.165) is 12.0 Å². The highest BCUT2D eigenvalue weighted by Crippen LogP contribution is 2.24. The van der Waals surface area contributed by atoms with Crippen LogP contribution in [0.25, 0.3) is 0 Å². The van der Waals surface area contributed by atoms with Crippen LogP contribution in [0.1, 0.15) is 25.8 Å². The molecule has 2 rings (SSSR count). The summed E-state index contributed by atoms with van der Waals surface area (Å²) in [6, 6.07) is 12.6. The average molecular weight is 412 g/mol. The number of carbonyl (C=O) groups is 1. The van der Waals surface area contributed by atoms with Crippen molar-refractivity contribution in [3.8, 4) is 0 Å². The van der Waals surface area contributed by atoms with Crippen molar-refractivity contribution in [3.05, 3.63) is 54.1 Å². The van der Waals surface area contributed by atoms with Gasteiger partial charge in [0, 0.05) is 5.69 Å². The van der Waals surface area contributed by atoms with Gasteiger partial charge in [0.2, 0.25) is 5.91 Å². The van der Waals surface area contributed by atoms with Gasteiger partial charge in [-0.2, -0.15) is 0 Å². The number of hydrogen-bond donors (Lipinski definition) is 3. The minimum atomic E-state index is -3.70. The Bertz CT molecular complexity index is 873. The monoisotopic (exact) mass is 411 g/mol. The lowest BCUT2D eigenvalue weighted by Gasteiger charge is -2.18. The summed E-state index contributed by atoms with van der Waals surface area (Å²) < 4.78 is 27.6. The molecule has 0 spiro atoms. The molecule has 148 valence electrons. The third-order valence-corrected chi connectivity index (χ3v) is 5.74. The molecular formula is C19H26ClN3O3S. The molecule has 8 heteroatoms. The Hall–Kier alpha value is -2.09. The Kier molecular flexibility index (Phi) is 8.27. The minimum Gasteiger partial charge on any atom is -0.325 e. The van der Waals surface area contributed by atoms with Gasteiger partial charge < -0.3 is 11.1 Å². The van der Waals surface area contributed by atoms with Gasteiger partial charge in [-0.25, -0.2) is 8.42 Å². The van der Waals surface area contributed by atoms with Gasteiger partial charge >= 0.3 is 0 Å². The van der Waals surface area contributed by atoms with Gasteiger partial charge in [-0.05, 0) is 42.7 Å². The molecular weight excluding hydrogens is 386 g/mol. The molecule has 1 amide bonds. The number of carbonyl (C=O) groups excluding carboxylic acids is 1. The van der Waals surface area contributed by atoms with Gasteiger partial charge in [0.25, 0.3) is 10.0 Å². The Balaban J connectivity index is 0.00000364. The standard InChI is InChI=1S/C19H25N3O3S.ClH/c1-4-13(2)18(20)19(23)21-15-11-10-14(3)17(12-15)22-26(24,25)16-8-6-5-7-9-16;/h5-13,18,22H,4,20H2,1-3H3,(H,21,23);1H. The second-order valence-electron chi connectivity index (χ2n) is 6.35. The largest absolute Gasteiger partial charge is 0.325 e. The predicted molar refractivity (Wildman–Crippen MR) is 112 cm³/mol. The molecule has 4 N–H and O–H groups in total. The molecule has 2 atom stereocenters. The minimum absolute atomic E-state index is 0. The summed E-state index contributed by atoms with van der Waals surface area (Å²) in [6.45, 7) is 5.68. The van der Waals surface area contributed by atoms with Gasteiger partial charge in [0.1, 0.15) is 0 Å². The summed E-state index contributed by atoms with van der Waals surface area (Å²) in [6.07, 6.45) is 0.796. The molecule has 6 nitrogen and oxygen atoms in total. The molecule has 27 heavy (non-hydrogen) atoms. The maximum atomic E-state index is 12.5. The summed E-state index contributed by atoms with van der Waals surface area (Å²) in [5.41, 5.74) is 7.58. The van der Waals surface area contributed by atoms with Crippen LogP contribution in [-0.2, 0) is 14.8 Å². The molecule has 0 bridgehead atoms. The fraction of sp³-hybridized carbons (Fsp3) is 0.316. The average Bonchev–Trinajstić information content (AvgIpc) is 2.63. The van der Waals surface area contributed by atoms with Crippen LogP contribution in [0, 0.1) is 12.8 Å². The Labute approximate surface area is 167 Å². The SMILES string of the molecule is CCC(C)C(N)C(=O)Nc1ccc(C)c(NS(=O)(=O)c2ccccc2)c1.Cl. The van der Waals surface area contributed by atoms with E-state index in [4.69, 9.17) is 5.73 Å². The maximum absolute atomic E-state index is 12.5. The molecule has 0 saturated carbocycles. The summed E-state index contributed by atoms with van der Waals surface area (Å²) in [7, 11) is -3.70. The van der Waals surface area contributed by atoms with Gasteiger partial charge in [0.15, 0.2) is 0 Å². The Morgan fingerprint density at radius 3 is 2.37 bits per heavy atom. The number of benzene rings is 2. The van der Waals surface area contributed by atoms with Crippen LogP contribution in [-0.4, -0.2) is 20.4 Å². The van der Waals surface area contributed by atoms with Crippen molar-refractivity contribution in [3.63, 3.8) is 0 Å². The predicted octanol–water partition coefficient (Wildman–Crippen LogP) is 3.53. The van der Waals surface area contributed by atoms with Crippen LogP contribution in [0.3, 0.4) is 0 Å². The van der Waals surface area contributed by atoms with Crippen molar-refractivity contribution in [2.75, 3.05) is 10.0 Å². The van der Waals surface area contributed by atoms with E-state index in [1.54, 1.807) is 43.3 Å². The van der Waals surface area contributed by atoms with E-state index in [2.05, 4.69) is 10.0 Å². The number of halogens is 1. The van der Waals surface area contributed by atoms with Crippen LogP contribution in [0.15, 0.2) is 53.4 Å². The molecule has 0 aliphatic heterocycles. The van der Waals surface area contributed by atoms with E-state index in [1.165, 1.54) is 12.1 Å². The lowest BCUT2D eigenvalue weighted by atomic mass is 9.99. The van der Waals surface area contributed by atoms with Crippen molar-refractivity contribution in [1.82, 2.24) is 0 Å². The van der Waals surface area contributed by atoms with Crippen LogP contribution >= 0.6 is 12.4 Å². The highest BCUT2D eigenvalue weighted by atomic mass is 35.5. The van der Waals surface area contributed by atoms with Crippen molar-refractivity contribution in [1.29, 1.82) is 0 Å². The third-order valence-electron chi connectivity index (χ3n) is 4.36. The Morgan fingerprint density at radius 1 is 1.15 bits per heavy atom. The molecule has 0 saturated heterocycles. The number of anilines is 2. The van der Waals surface area contributed by atoms with Crippen LogP contribution < -0.4 is 15.8 Å². The van der Waals surface area contributed by atoms with Crippen LogP contribution in [0.4, 0.5) is 11.4 Å². The van der Waals surface area contributed by atoms with E-state index >= 15 is 0 Å². The second-order valence-corrected chi connectivity index (χ2v) is 8.03. The number of sulfonamides is 1. The van der Waals surface area contributed by atoms with Gasteiger partial charge in [-0.3, -0.25) is 9.52 Å². The normalized spacial score (nSPS) is 13.2. The lowest BCUT2D eigenvalue weighted by molar-refractivity contribution is -0.118. The van der Waals surface area contributed by atoms with E-state index < -0.39 is 16.1 Å². The second kappa shape index (κ2) is 9.73. The topological polar surface area (TPSA) is 101 Å². The summed E-state index contributed by atoms with van der Waals surface area (Å²) >= 11 is 0. The number of aryl methyl sites for hydroxylation is 1. The van der Waals surface area contributed by atoms with E-state index in [9.17, 15) is 13.2 Å². The lowest BCUT2D eigenvalue weighted by Crippen LogP contribution is -2.40. The maximum Gasteiger partial charge on any atom is 0.261 e. The van der Waals surface area contributed by atoms with Crippen molar-refractivity contribution >= 4 is 39.7 Å². The summed E-state index contributed by atoms with van der Waals surface area (Å²) in [5, 5.41) is 2.75. The quantitative estimate of drug-likeness (QED) is 0.648. The van der Waals surface area contributed by atoms with Crippen LogP contribution in [0.5, 0.6) is 0 Å². The van der Waals surface area contributed by atoms with Crippen molar-refractivity contribution in [2.24, 2.45) is 11.7 Å². The van der Waals surface area contributed by atoms with Crippen molar-refractivity contribution in [2.45, 2.75) is 38.1 Å². The third kappa shape index (κ3) is 5.95. The molecule has 0 aliphatic rings. The summed E-state index contributed by atoms with van der Waals surface area (Å²) in [4.78, 5) is 12.4. The van der Waals surface area contributed by atoms with Gasteiger partial charge in [-0.1, -0.05) is 44.5 Å². The zero-order valence-corrected chi connectivity index (χ0v) is 17.2. The highest BCUT2D eigenvalue weighted by molar-refractivity contribution is 7.92. The smallest absolute Gasteiger partial charge is 0.261 e. The molecule has 2 aromatic rings. The first-order valence-corrected chi connectivity index (χ1v) is 9.98. The number of hydrogen-bond acceptors (Lipinski definition) is 4. The Morgan fingerprint density at radius 2 is 1.78 bits per heavy atom. The fourth-order valence-electron chi connectivity index (χ4n) is 2.35. The molecule has 0 fully saturated rings. The molecule has 2 unspecified atom stereocenters. The summed E-state index contributed by atoms with van der Waals surface area (Å²) in [5.74, 6) is -0.239. The molecule has 0 radical (unpaired) electrons. The fourth-order valence-corrected chi connectivity index (χ4v) is 3.49. The first-order valence-electron chi connectivity index (χ1n) is 8.49. The van der Waals surface area contributed by atoms with E-state index in [0.29, 0.717) is 11.4 Å². The molecule has 2 aromatic carbocycles. The molecule has 0 heterocycles. The van der Waals surface area contributed by atoms with E-state index in [1.807, 2.05) is 13.8 Å². The number of nitrogens with two attached hydrogens (primary N) is 1. The zero-order valence-electron chi connectivity index (χ0n) is 15.6.